The standard InChI is InChI=1S/C14H18ClF3N2O/c1-4-20(5-2)13(21)9(3)19-10-6-7-12(15)11(8-10)14(16,17)18/h6-9,19H,4-5H2,1-3H3. The van der Waals surface area contributed by atoms with Crippen LogP contribution in [-0.4, -0.2) is 29.9 Å². The van der Waals surface area contributed by atoms with Gasteiger partial charge in [-0.05, 0) is 39.0 Å². The molecule has 1 aromatic rings. The summed E-state index contributed by atoms with van der Waals surface area (Å²) in [6.07, 6.45) is -4.53. The number of nitrogens with zero attached hydrogens (tertiary/aromatic N) is 1. The second kappa shape index (κ2) is 7.02. The molecule has 1 amide bonds. The van der Waals surface area contributed by atoms with Crippen molar-refractivity contribution in [2.45, 2.75) is 33.0 Å². The van der Waals surface area contributed by atoms with E-state index in [1.165, 1.54) is 12.1 Å². The Kier molecular flexibility index (Phi) is 5.89. The summed E-state index contributed by atoms with van der Waals surface area (Å²) in [6, 6.07) is 2.88. The Morgan fingerprint density at radius 3 is 2.38 bits per heavy atom. The van der Waals surface area contributed by atoms with Crippen molar-refractivity contribution in [1.82, 2.24) is 4.90 Å². The van der Waals surface area contributed by atoms with E-state index in [1.807, 2.05) is 13.8 Å². The fraction of sp³-hybridized carbons (Fsp3) is 0.500. The van der Waals surface area contributed by atoms with Gasteiger partial charge in [-0.2, -0.15) is 13.2 Å². The zero-order chi connectivity index (χ0) is 16.2. The number of carbonyl (C=O) groups is 1. The van der Waals surface area contributed by atoms with Crippen molar-refractivity contribution in [2.75, 3.05) is 18.4 Å². The fourth-order valence-electron chi connectivity index (χ4n) is 1.95. The van der Waals surface area contributed by atoms with Crippen LogP contribution >= 0.6 is 11.6 Å². The minimum atomic E-state index is -4.53. The Morgan fingerprint density at radius 1 is 1.33 bits per heavy atom. The van der Waals surface area contributed by atoms with Crippen molar-refractivity contribution < 1.29 is 18.0 Å². The van der Waals surface area contributed by atoms with E-state index in [0.717, 1.165) is 6.07 Å². The molecule has 1 atom stereocenters. The topological polar surface area (TPSA) is 32.3 Å². The Hall–Kier alpha value is -1.43. The van der Waals surface area contributed by atoms with E-state index in [0.29, 0.717) is 13.1 Å². The Bertz CT molecular complexity index is 501. The van der Waals surface area contributed by atoms with Crippen molar-refractivity contribution in [3.63, 3.8) is 0 Å². The number of alkyl halides is 3. The normalized spacial score (nSPS) is 12.9. The first kappa shape index (κ1) is 17.6. The molecule has 0 aliphatic carbocycles. The third-order valence-electron chi connectivity index (χ3n) is 3.10. The lowest BCUT2D eigenvalue weighted by Gasteiger charge is -2.24. The fourth-order valence-corrected chi connectivity index (χ4v) is 2.18. The average molecular weight is 323 g/mol. The van der Waals surface area contributed by atoms with Crippen LogP contribution in [0.15, 0.2) is 18.2 Å². The molecule has 0 radical (unpaired) electrons. The molecule has 0 saturated carbocycles. The lowest BCUT2D eigenvalue weighted by atomic mass is 10.1. The molecule has 0 fully saturated rings. The number of nitrogens with one attached hydrogen (secondary N) is 1. The Morgan fingerprint density at radius 2 is 1.90 bits per heavy atom. The molecule has 0 saturated heterocycles. The molecule has 0 bridgehead atoms. The van der Waals surface area contributed by atoms with Crippen LogP contribution < -0.4 is 5.32 Å². The summed E-state index contributed by atoms with van der Waals surface area (Å²) in [7, 11) is 0. The number of anilines is 1. The highest BCUT2D eigenvalue weighted by Crippen LogP contribution is 2.36. The molecule has 7 heteroatoms. The van der Waals surface area contributed by atoms with Crippen LogP contribution in [0.2, 0.25) is 5.02 Å². The largest absolute Gasteiger partial charge is 0.417 e. The van der Waals surface area contributed by atoms with Crippen LogP contribution in [0.3, 0.4) is 0 Å². The van der Waals surface area contributed by atoms with Gasteiger partial charge in [0.2, 0.25) is 5.91 Å². The number of rotatable bonds is 5. The molecule has 21 heavy (non-hydrogen) atoms. The van der Waals surface area contributed by atoms with Gasteiger partial charge in [0.05, 0.1) is 10.6 Å². The minimum absolute atomic E-state index is 0.163. The van der Waals surface area contributed by atoms with Gasteiger partial charge in [0.15, 0.2) is 0 Å². The van der Waals surface area contributed by atoms with E-state index in [-0.39, 0.29) is 16.6 Å². The number of halogens is 4. The van der Waals surface area contributed by atoms with E-state index < -0.39 is 17.8 Å². The minimum Gasteiger partial charge on any atom is -0.374 e. The summed E-state index contributed by atoms with van der Waals surface area (Å²) in [5.41, 5.74) is -0.712. The number of hydrogen-bond donors (Lipinski definition) is 1. The molecule has 0 aromatic heterocycles. The molecule has 1 unspecified atom stereocenters. The van der Waals surface area contributed by atoms with Gasteiger partial charge in [0.25, 0.3) is 0 Å². The monoisotopic (exact) mass is 322 g/mol. The van der Waals surface area contributed by atoms with E-state index in [2.05, 4.69) is 5.32 Å². The highest BCUT2D eigenvalue weighted by Gasteiger charge is 2.33. The lowest BCUT2D eigenvalue weighted by Crippen LogP contribution is -2.41. The SMILES string of the molecule is CCN(CC)C(=O)C(C)Nc1ccc(Cl)c(C(F)(F)F)c1. The van der Waals surface area contributed by atoms with Gasteiger partial charge >= 0.3 is 6.18 Å². The summed E-state index contributed by atoms with van der Waals surface area (Å²) in [5, 5.41) is 2.42. The molecule has 118 valence electrons. The van der Waals surface area contributed by atoms with E-state index in [4.69, 9.17) is 11.6 Å². The highest BCUT2D eigenvalue weighted by atomic mass is 35.5. The van der Waals surface area contributed by atoms with Gasteiger partial charge in [-0.1, -0.05) is 11.6 Å². The predicted molar refractivity (Wildman–Crippen MR) is 77.5 cm³/mol. The summed E-state index contributed by atoms with van der Waals surface area (Å²) in [6.45, 7) is 6.41. The number of likely N-dealkylation sites (N-methyl/N-ethyl adjacent to an activating group) is 1. The molecular weight excluding hydrogens is 305 g/mol. The first-order chi connectivity index (χ1) is 9.70. The highest BCUT2D eigenvalue weighted by molar-refractivity contribution is 6.31. The smallest absolute Gasteiger partial charge is 0.374 e. The first-order valence-corrected chi connectivity index (χ1v) is 7.00. The third-order valence-corrected chi connectivity index (χ3v) is 3.43. The summed E-state index contributed by atoms with van der Waals surface area (Å²) >= 11 is 5.55. The predicted octanol–water partition coefficient (Wildman–Crippen LogP) is 4.03. The zero-order valence-corrected chi connectivity index (χ0v) is 12.8. The number of benzene rings is 1. The molecule has 1 rings (SSSR count). The Labute approximate surface area is 127 Å². The van der Waals surface area contributed by atoms with Crippen LogP contribution in [-0.2, 0) is 11.0 Å². The second-order valence-electron chi connectivity index (χ2n) is 4.57. The van der Waals surface area contributed by atoms with E-state index in [9.17, 15) is 18.0 Å². The van der Waals surface area contributed by atoms with Gasteiger partial charge < -0.3 is 10.2 Å². The average Bonchev–Trinajstić information content (AvgIpc) is 2.40. The van der Waals surface area contributed by atoms with Crippen molar-refractivity contribution >= 4 is 23.2 Å². The van der Waals surface area contributed by atoms with Gasteiger partial charge in [0, 0.05) is 18.8 Å². The van der Waals surface area contributed by atoms with Crippen LogP contribution in [0.5, 0.6) is 0 Å². The molecular formula is C14H18ClF3N2O. The summed E-state index contributed by atoms with van der Waals surface area (Å²) < 4.78 is 38.3. The van der Waals surface area contributed by atoms with Gasteiger partial charge in [-0.15, -0.1) is 0 Å². The van der Waals surface area contributed by atoms with Crippen molar-refractivity contribution in [1.29, 1.82) is 0 Å². The van der Waals surface area contributed by atoms with E-state index >= 15 is 0 Å². The van der Waals surface area contributed by atoms with Crippen LogP contribution in [0, 0.1) is 0 Å². The van der Waals surface area contributed by atoms with Crippen molar-refractivity contribution in [3.05, 3.63) is 28.8 Å². The van der Waals surface area contributed by atoms with Crippen LogP contribution in [0.1, 0.15) is 26.3 Å². The molecule has 0 aliphatic heterocycles. The molecule has 0 spiro atoms. The van der Waals surface area contributed by atoms with Gasteiger partial charge in [-0.25, -0.2) is 0 Å². The maximum absolute atomic E-state index is 12.8. The molecule has 0 aliphatic rings. The third kappa shape index (κ3) is 4.52. The second-order valence-corrected chi connectivity index (χ2v) is 4.98. The number of hydrogen-bond acceptors (Lipinski definition) is 2. The lowest BCUT2D eigenvalue weighted by molar-refractivity contribution is -0.137. The van der Waals surface area contributed by atoms with Crippen LogP contribution in [0.25, 0.3) is 0 Å². The van der Waals surface area contributed by atoms with E-state index in [1.54, 1.807) is 11.8 Å². The van der Waals surface area contributed by atoms with Gasteiger partial charge in [0.1, 0.15) is 6.04 Å². The molecule has 3 nitrogen and oxygen atoms in total. The molecule has 1 aromatic carbocycles. The van der Waals surface area contributed by atoms with Crippen molar-refractivity contribution in [3.8, 4) is 0 Å². The number of amides is 1. The van der Waals surface area contributed by atoms with Crippen molar-refractivity contribution in [2.24, 2.45) is 0 Å². The summed E-state index contributed by atoms with van der Waals surface area (Å²) in [5.74, 6) is -0.163. The van der Waals surface area contributed by atoms with Gasteiger partial charge in [-0.3, -0.25) is 4.79 Å². The quantitative estimate of drug-likeness (QED) is 0.887. The zero-order valence-electron chi connectivity index (χ0n) is 12.1. The maximum Gasteiger partial charge on any atom is 0.417 e. The summed E-state index contributed by atoms with van der Waals surface area (Å²) in [4.78, 5) is 13.7. The Balaban J connectivity index is 2.91. The number of carbonyl (C=O) groups excluding carboxylic acids is 1. The maximum atomic E-state index is 12.8. The first-order valence-electron chi connectivity index (χ1n) is 6.62. The molecule has 0 heterocycles. The molecule has 1 N–H and O–H groups in total. The van der Waals surface area contributed by atoms with Crippen LogP contribution in [0.4, 0.5) is 18.9 Å².